The molecular formula is C36H40F17NO5Si. The average molecular weight is 918 g/mol. The van der Waals surface area contributed by atoms with Crippen molar-refractivity contribution < 1.29 is 98.1 Å². The van der Waals surface area contributed by atoms with Gasteiger partial charge in [-0.05, 0) is 59.1 Å². The Morgan fingerprint density at radius 2 is 1.12 bits per heavy atom. The number of amides is 1. The molecule has 0 bridgehead atoms. The molecule has 1 N–H and O–H groups in total. The van der Waals surface area contributed by atoms with E-state index in [2.05, 4.69) is 11.9 Å². The van der Waals surface area contributed by atoms with Crippen molar-refractivity contribution in [2.75, 3.05) is 25.6 Å². The van der Waals surface area contributed by atoms with Gasteiger partial charge in [0.25, 0.3) is 0 Å². The van der Waals surface area contributed by atoms with Crippen molar-refractivity contribution in [3.8, 4) is 11.5 Å². The van der Waals surface area contributed by atoms with E-state index in [-0.39, 0.29) is 18.8 Å². The smallest absolute Gasteiger partial charge is 0.460 e. The van der Waals surface area contributed by atoms with E-state index in [1.165, 1.54) is 65.1 Å². The molecule has 342 valence electrons. The molecule has 0 saturated carbocycles. The Kier molecular flexibility index (Phi) is 16.1. The highest BCUT2D eigenvalue weighted by Crippen LogP contribution is 2.64. The highest BCUT2D eigenvalue weighted by molar-refractivity contribution is 6.76. The first-order chi connectivity index (χ1) is 27.1. The second-order valence-electron chi connectivity index (χ2n) is 14.0. The number of hydrogen-bond acceptors (Lipinski definition) is 5. The highest BCUT2D eigenvalue weighted by atomic mass is 28.4. The number of halogens is 17. The summed E-state index contributed by atoms with van der Waals surface area (Å²) in [4.78, 5) is 12.5. The first-order valence-corrected chi connectivity index (χ1v) is 19.7. The molecule has 0 spiro atoms. The number of anilines is 1. The molecule has 2 aromatic carbocycles. The van der Waals surface area contributed by atoms with E-state index >= 15 is 0 Å². The molecule has 2 rings (SSSR count). The van der Waals surface area contributed by atoms with Crippen LogP contribution in [0.2, 0.25) is 17.1 Å². The zero-order valence-electron chi connectivity index (χ0n) is 32.1. The van der Waals surface area contributed by atoms with Crippen LogP contribution in [0.1, 0.15) is 52.2 Å². The molecule has 0 radical (unpaired) electrons. The number of methoxy groups -OCH3 is 1. The van der Waals surface area contributed by atoms with E-state index in [1.807, 2.05) is 0 Å². The Bertz CT molecular complexity index is 1710. The lowest BCUT2D eigenvalue weighted by Crippen LogP contribution is -2.74. The number of carbonyl (C=O) groups excluding carboxylic acids is 1. The van der Waals surface area contributed by atoms with Gasteiger partial charge in [-0.2, -0.15) is 74.6 Å². The van der Waals surface area contributed by atoms with Crippen LogP contribution in [0.25, 0.3) is 0 Å². The Morgan fingerprint density at radius 3 is 1.55 bits per heavy atom. The summed E-state index contributed by atoms with van der Waals surface area (Å²) in [6.45, 7) is 8.06. The first kappa shape index (κ1) is 52.2. The lowest BCUT2D eigenvalue weighted by molar-refractivity contribution is -0.461. The number of alkyl halides is 17. The average Bonchev–Trinajstić information content (AvgIpc) is 3.13. The minimum atomic E-state index is -8.68. The van der Waals surface area contributed by atoms with Crippen molar-refractivity contribution in [3.63, 3.8) is 0 Å². The summed E-state index contributed by atoms with van der Waals surface area (Å²) in [6, 6.07) is 10.9. The molecule has 0 unspecified atom stereocenters. The quantitative estimate of drug-likeness (QED) is 0.0552. The van der Waals surface area contributed by atoms with Crippen molar-refractivity contribution in [1.29, 1.82) is 0 Å². The molecule has 1 atom stereocenters. The van der Waals surface area contributed by atoms with E-state index in [4.69, 9.17) is 18.6 Å². The van der Waals surface area contributed by atoms with Crippen LogP contribution in [0.4, 0.5) is 85.1 Å². The fourth-order valence-electron chi connectivity index (χ4n) is 5.88. The molecular weight excluding hydrogens is 877 g/mol. The molecule has 0 saturated heterocycles. The van der Waals surface area contributed by atoms with Crippen LogP contribution in [0.15, 0.2) is 61.2 Å². The fraction of sp³-hybridized carbons (Fsp3) is 0.583. The topological polar surface area (TPSA) is 66.0 Å². The second kappa shape index (κ2) is 18.6. The summed E-state index contributed by atoms with van der Waals surface area (Å²) in [5, 5.41) is 2.55. The molecule has 2 aromatic rings. The zero-order valence-corrected chi connectivity index (χ0v) is 33.1. The van der Waals surface area contributed by atoms with Gasteiger partial charge in [0.1, 0.15) is 24.2 Å². The van der Waals surface area contributed by atoms with Gasteiger partial charge in [0.15, 0.2) is 8.32 Å². The van der Waals surface area contributed by atoms with E-state index < -0.39 is 98.3 Å². The summed E-state index contributed by atoms with van der Waals surface area (Å²) in [5.41, 5.74) is -0.842. The van der Waals surface area contributed by atoms with Crippen LogP contribution in [0.5, 0.6) is 11.5 Å². The van der Waals surface area contributed by atoms with E-state index in [0.717, 1.165) is 0 Å². The number of nitrogens with one attached hydrogen (secondary N) is 1. The molecule has 60 heavy (non-hydrogen) atoms. The Balaban J connectivity index is 2.21. The van der Waals surface area contributed by atoms with Crippen molar-refractivity contribution in [3.05, 3.63) is 66.7 Å². The molecule has 0 heterocycles. The van der Waals surface area contributed by atoms with Gasteiger partial charge in [0.2, 0.25) is 0 Å². The van der Waals surface area contributed by atoms with Gasteiger partial charge in [-0.25, -0.2) is 4.79 Å². The normalized spacial score (nSPS) is 14.6. The number of rotatable bonds is 22. The minimum Gasteiger partial charge on any atom is -0.497 e. The van der Waals surface area contributed by atoms with Gasteiger partial charge in [0.05, 0.1) is 13.7 Å². The number of benzene rings is 2. The maximum absolute atomic E-state index is 14.9. The summed E-state index contributed by atoms with van der Waals surface area (Å²) in [7, 11) is -2.50. The van der Waals surface area contributed by atoms with Crippen molar-refractivity contribution in [2.24, 2.45) is 0 Å². The van der Waals surface area contributed by atoms with Crippen LogP contribution in [0, 0.1) is 0 Å². The van der Waals surface area contributed by atoms with E-state index in [9.17, 15) is 79.4 Å². The predicted molar refractivity (Wildman–Crippen MR) is 185 cm³/mol. The Hall–Kier alpha value is -3.96. The van der Waals surface area contributed by atoms with E-state index in [1.54, 1.807) is 24.3 Å². The molecule has 0 fully saturated rings. The van der Waals surface area contributed by atoms with Gasteiger partial charge in [-0.1, -0.05) is 45.9 Å². The second-order valence-corrected chi connectivity index (χ2v) is 19.0. The van der Waals surface area contributed by atoms with Crippen molar-refractivity contribution >= 4 is 20.1 Å². The Morgan fingerprint density at radius 1 is 0.667 bits per heavy atom. The van der Waals surface area contributed by atoms with Gasteiger partial charge < -0.3 is 18.6 Å². The third-order valence-corrected chi connectivity index (χ3v) is 15.2. The molecule has 6 nitrogen and oxygen atoms in total. The monoisotopic (exact) mass is 917 g/mol. The molecule has 0 aromatic heterocycles. The molecule has 1 amide bonds. The minimum absolute atomic E-state index is 0.161. The SMILES string of the molecule is C=CC[C@H](OC(=O)Nc1ccc(OC)cc1)c1ccc(OCCO[Si](CCC(F)(F)C(F)(F)C(F)(F)C(F)(F)C(F)(F)C(F)(F)C(F)(F)C(F)(F)F)(C(C)C)C(C)C)cc1. The van der Waals surface area contributed by atoms with Crippen LogP contribution < -0.4 is 14.8 Å². The van der Waals surface area contributed by atoms with Crippen LogP contribution in [-0.2, 0) is 9.16 Å². The highest BCUT2D eigenvalue weighted by Gasteiger charge is 2.95. The van der Waals surface area contributed by atoms with Crippen molar-refractivity contribution in [2.45, 2.75) is 111 Å². The van der Waals surface area contributed by atoms with Gasteiger partial charge in [-0.15, -0.1) is 6.58 Å². The molecule has 0 aliphatic carbocycles. The van der Waals surface area contributed by atoms with Crippen LogP contribution in [-0.4, -0.2) is 82.4 Å². The first-order valence-electron chi connectivity index (χ1n) is 17.5. The molecule has 24 heteroatoms. The van der Waals surface area contributed by atoms with Crippen LogP contribution >= 0.6 is 0 Å². The lowest BCUT2D eigenvalue weighted by Gasteiger charge is -2.44. The number of carbonyl (C=O) groups is 1. The standard InChI is InChI=1S/C36H40F17NO5Si/c1-7-8-27(59-28(55)54-24-11-15-25(56-6)16-12-24)23-9-13-26(14-10-23)57-18-19-58-60(21(2)3,22(4)5)20-17-29(37,38)30(39,40)31(41,42)32(43,44)33(45,46)34(47,48)35(49,50)36(51,52)53/h7,9-16,21-22,27H,1,8,17-20H2,2-6H3,(H,54,55)/t27-/m0/s1. The third-order valence-electron chi connectivity index (χ3n) is 9.51. The maximum atomic E-state index is 14.9. The summed E-state index contributed by atoms with van der Waals surface area (Å²) < 4.78 is 257. The summed E-state index contributed by atoms with van der Waals surface area (Å²) in [6.07, 6.45) is -10.3. The van der Waals surface area contributed by atoms with Crippen LogP contribution in [0.3, 0.4) is 0 Å². The number of ether oxygens (including phenoxy) is 3. The Labute approximate surface area is 333 Å². The summed E-state index contributed by atoms with van der Waals surface area (Å²) >= 11 is 0. The molecule has 0 aliphatic heterocycles. The fourth-order valence-corrected chi connectivity index (χ4v) is 10.3. The summed E-state index contributed by atoms with van der Waals surface area (Å²) in [5.74, 6) is -56.0. The molecule has 0 aliphatic rings. The van der Waals surface area contributed by atoms with Crippen molar-refractivity contribution in [1.82, 2.24) is 0 Å². The maximum Gasteiger partial charge on any atom is 0.460 e. The van der Waals surface area contributed by atoms with E-state index in [0.29, 0.717) is 17.0 Å². The third kappa shape index (κ3) is 10.0. The predicted octanol–water partition coefficient (Wildman–Crippen LogP) is 13.1. The number of hydrogen-bond donors (Lipinski definition) is 1. The van der Waals surface area contributed by atoms with Gasteiger partial charge >= 0.3 is 53.7 Å². The lowest BCUT2D eigenvalue weighted by atomic mass is 9.88. The zero-order chi connectivity index (χ0) is 46.6. The van der Waals surface area contributed by atoms with Gasteiger partial charge in [0, 0.05) is 18.5 Å². The largest absolute Gasteiger partial charge is 0.497 e. The van der Waals surface area contributed by atoms with Gasteiger partial charge in [-0.3, -0.25) is 5.32 Å².